The molecule has 0 aromatic rings. The van der Waals surface area contributed by atoms with Gasteiger partial charge in [0.05, 0.1) is 0 Å². The SMILES string of the molecule is CCCCCCl.[H-].[H-].[Mg+2]. The third kappa shape index (κ3) is 11.0. The number of alkyl halides is 1. The first-order valence-electron chi connectivity index (χ1n) is 2.47. The van der Waals surface area contributed by atoms with E-state index in [1.165, 1.54) is 19.3 Å². The van der Waals surface area contributed by atoms with E-state index in [-0.39, 0.29) is 25.9 Å². The van der Waals surface area contributed by atoms with Gasteiger partial charge in [-0.3, -0.25) is 0 Å². The minimum absolute atomic E-state index is 0. The summed E-state index contributed by atoms with van der Waals surface area (Å²) in [6, 6.07) is 0. The summed E-state index contributed by atoms with van der Waals surface area (Å²) in [4.78, 5) is 0. The average molecular weight is 133 g/mol. The van der Waals surface area contributed by atoms with E-state index in [1.807, 2.05) is 0 Å². The molecule has 0 amide bonds. The first-order chi connectivity index (χ1) is 2.91. The Bertz CT molecular complexity index is 26.9. The fourth-order valence-corrected chi connectivity index (χ4v) is 0.533. The van der Waals surface area contributed by atoms with E-state index in [9.17, 15) is 0 Å². The number of halogens is 1. The van der Waals surface area contributed by atoms with Gasteiger partial charge in [-0.1, -0.05) is 19.8 Å². The van der Waals surface area contributed by atoms with Crippen LogP contribution in [-0.4, -0.2) is 28.9 Å². The van der Waals surface area contributed by atoms with Gasteiger partial charge >= 0.3 is 23.1 Å². The molecule has 0 fully saturated rings. The van der Waals surface area contributed by atoms with Crippen LogP contribution in [0.5, 0.6) is 0 Å². The van der Waals surface area contributed by atoms with Gasteiger partial charge in [0.1, 0.15) is 0 Å². The summed E-state index contributed by atoms with van der Waals surface area (Å²) in [6.07, 6.45) is 3.73. The van der Waals surface area contributed by atoms with Crippen molar-refractivity contribution in [1.29, 1.82) is 0 Å². The maximum absolute atomic E-state index is 5.38. The number of unbranched alkanes of at least 4 members (excludes halogenated alkanes) is 2. The molecule has 0 N–H and O–H groups in total. The van der Waals surface area contributed by atoms with E-state index in [0.29, 0.717) is 0 Å². The second-order valence-electron chi connectivity index (χ2n) is 1.40. The summed E-state index contributed by atoms with van der Waals surface area (Å²) in [5.74, 6) is 0.827. The smallest absolute Gasteiger partial charge is 1.00 e. The summed E-state index contributed by atoms with van der Waals surface area (Å²) >= 11 is 5.38. The van der Waals surface area contributed by atoms with Gasteiger partial charge < -0.3 is 2.85 Å². The predicted octanol–water partition coefficient (Wildman–Crippen LogP) is 2.26. The van der Waals surface area contributed by atoms with Gasteiger partial charge in [0.15, 0.2) is 0 Å². The Kier molecular flexibility index (Phi) is 15.8. The van der Waals surface area contributed by atoms with Crippen LogP contribution in [-0.2, 0) is 0 Å². The maximum Gasteiger partial charge on any atom is 2.00 e. The summed E-state index contributed by atoms with van der Waals surface area (Å²) in [5.41, 5.74) is 0. The first kappa shape index (κ1) is 10.9. The van der Waals surface area contributed by atoms with E-state index < -0.39 is 0 Å². The Morgan fingerprint density at radius 3 is 2.14 bits per heavy atom. The number of hydrogen-bond acceptors (Lipinski definition) is 0. The molecule has 0 radical (unpaired) electrons. The van der Waals surface area contributed by atoms with Crippen molar-refractivity contribution in [2.24, 2.45) is 0 Å². The van der Waals surface area contributed by atoms with E-state index in [2.05, 4.69) is 6.92 Å². The molecule has 2 heteroatoms. The van der Waals surface area contributed by atoms with Gasteiger partial charge in [0.2, 0.25) is 0 Å². The minimum Gasteiger partial charge on any atom is -1.00 e. The monoisotopic (exact) mass is 132 g/mol. The first-order valence-corrected chi connectivity index (χ1v) is 3.01. The van der Waals surface area contributed by atoms with Crippen molar-refractivity contribution in [3.63, 3.8) is 0 Å². The van der Waals surface area contributed by atoms with Gasteiger partial charge in [-0.2, -0.15) is 0 Å². The molecule has 0 nitrogen and oxygen atoms in total. The third-order valence-electron chi connectivity index (χ3n) is 0.737. The molecule has 0 saturated heterocycles. The molecule has 0 spiro atoms. The molecule has 0 aliphatic carbocycles. The molecule has 0 saturated carbocycles. The zero-order valence-electron chi connectivity index (χ0n) is 6.91. The van der Waals surface area contributed by atoms with Crippen molar-refractivity contribution in [3.8, 4) is 0 Å². The molecule has 0 aromatic carbocycles. The summed E-state index contributed by atoms with van der Waals surface area (Å²) in [5, 5.41) is 0. The molecule has 0 aliphatic rings. The molecule has 0 unspecified atom stereocenters. The molecule has 0 atom stereocenters. The van der Waals surface area contributed by atoms with Gasteiger partial charge in [0.25, 0.3) is 0 Å². The van der Waals surface area contributed by atoms with Crippen molar-refractivity contribution in [2.75, 3.05) is 5.88 Å². The molecular formula is C5H13ClMg. The third-order valence-corrected chi connectivity index (χ3v) is 1.00. The van der Waals surface area contributed by atoms with Crippen molar-refractivity contribution >= 4 is 34.7 Å². The Hall–Kier alpha value is 1.06. The second kappa shape index (κ2) is 10.1. The van der Waals surface area contributed by atoms with Crippen molar-refractivity contribution in [1.82, 2.24) is 0 Å². The van der Waals surface area contributed by atoms with Crippen molar-refractivity contribution in [2.45, 2.75) is 26.2 Å². The molecule has 0 rings (SSSR count). The van der Waals surface area contributed by atoms with Crippen LogP contribution < -0.4 is 0 Å². The van der Waals surface area contributed by atoms with E-state index >= 15 is 0 Å². The predicted molar refractivity (Wildman–Crippen MR) is 38.2 cm³/mol. The molecule has 0 heterocycles. The number of hydrogen-bond donors (Lipinski definition) is 0. The van der Waals surface area contributed by atoms with E-state index in [1.54, 1.807) is 0 Å². The topological polar surface area (TPSA) is 0 Å². The van der Waals surface area contributed by atoms with E-state index in [0.717, 1.165) is 5.88 Å². The maximum atomic E-state index is 5.38. The molecule has 0 aromatic heterocycles. The fraction of sp³-hybridized carbons (Fsp3) is 1.00. The van der Waals surface area contributed by atoms with Gasteiger partial charge in [-0.15, -0.1) is 11.6 Å². The van der Waals surface area contributed by atoms with Crippen LogP contribution in [0, 0.1) is 0 Å². The van der Waals surface area contributed by atoms with Crippen molar-refractivity contribution in [3.05, 3.63) is 0 Å². The number of rotatable bonds is 3. The molecule has 0 bridgehead atoms. The molecule has 42 valence electrons. The summed E-state index contributed by atoms with van der Waals surface area (Å²) in [6.45, 7) is 2.17. The van der Waals surface area contributed by atoms with Crippen LogP contribution in [0.3, 0.4) is 0 Å². The van der Waals surface area contributed by atoms with Crippen LogP contribution in [0.1, 0.15) is 29.0 Å². The fourth-order valence-electron chi connectivity index (χ4n) is 0.344. The molecule has 7 heavy (non-hydrogen) atoms. The van der Waals surface area contributed by atoms with Gasteiger partial charge in [0, 0.05) is 5.88 Å². The minimum atomic E-state index is 0. The van der Waals surface area contributed by atoms with Gasteiger partial charge in [-0.05, 0) is 6.42 Å². The Morgan fingerprint density at radius 2 is 2.00 bits per heavy atom. The molecular weight excluding hydrogens is 120 g/mol. The standard InChI is InChI=1S/C5H11Cl.Mg.2H/c1-2-3-4-5-6;;;/h2-5H2,1H3;;;/q;+2;2*-1. The van der Waals surface area contributed by atoms with Crippen molar-refractivity contribution < 1.29 is 2.85 Å². The molecule has 0 aliphatic heterocycles. The van der Waals surface area contributed by atoms with Crippen LogP contribution in [0.2, 0.25) is 0 Å². The van der Waals surface area contributed by atoms with Gasteiger partial charge in [-0.25, -0.2) is 0 Å². The Morgan fingerprint density at radius 1 is 1.43 bits per heavy atom. The Labute approximate surface area is 69.7 Å². The Balaban J connectivity index is -0.0000000417. The second-order valence-corrected chi connectivity index (χ2v) is 1.77. The van der Waals surface area contributed by atoms with Crippen LogP contribution in [0.15, 0.2) is 0 Å². The average Bonchev–Trinajstić information content (AvgIpc) is 1.61. The quantitative estimate of drug-likeness (QED) is 0.314. The van der Waals surface area contributed by atoms with Crippen LogP contribution >= 0.6 is 11.6 Å². The van der Waals surface area contributed by atoms with E-state index in [4.69, 9.17) is 11.6 Å². The summed E-state index contributed by atoms with van der Waals surface area (Å²) < 4.78 is 0. The van der Waals surface area contributed by atoms with Crippen LogP contribution in [0.4, 0.5) is 0 Å². The van der Waals surface area contributed by atoms with Crippen LogP contribution in [0.25, 0.3) is 0 Å². The zero-order valence-corrected chi connectivity index (χ0v) is 7.08. The zero-order chi connectivity index (χ0) is 4.83. The summed E-state index contributed by atoms with van der Waals surface area (Å²) in [7, 11) is 0. The largest absolute Gasteiger partial charge is 2.00 e. The normalized spacial score (nSPS) is 7.71.